The lowest BCUT2D eigenvalue weighted by atomic mass is 10.0. The molecule has 3 nitrogen and oxygen atoms in total. The molecule has 2 aromatic heterocycles. The van der Waals surface area contributed by atoms with Gasteiger partial charge in [-0.3, -0.25) is 0 Å². The molecule has 0 radical (unpaired) electrons. The van der Waals surface area contributed by atoms with Gasteiger partial charge in [0.2, 0.25) is 0 Å². The summed E-state index contributed by atoms with van der Waals surface area (Å²) in [6.07, 6.45) is 6.94. The number of furan rings is 1. The molecule has 21 heavy (non-hydrogen) atoms. The van der Waals surface area contributed by atoms with Gasteiger partial charge in [0.1, 0.15) is 11.6 Å². The number of aromatic nitrogens is 2. The van der Waals surface area contributed by atoms with Crippen LogP contribution in [0, 0.1) is 0 Å². The van der Waals surface area contributed by atoms with E-state index in [-0.39, 0.29) is 0 Å². The van der Waals surface area contributed by atoms with Crippen LogP contribution in [0.1, 0.15) is 12.5 Å². The van der Waals surface area contributed by atoms with Gasteiger partial charge in [0.25, 0.3) is 0 Å². The molecule has 0 aliphatic carbocycles. The van der Waals surface area contributed by atoms with Crippen molar-refractivity contribution in [2.45, 2.75) is 12.5 Å². The molecule has 1 unspecified atom stereocenters. The van der Waals surface area contributed by atoms with E-state index in [1.54, 1.807) is 6.26 Å². The van der Waals surface area contributed by atoms with E-state index in [1.165, 1.54) is 17.9 Å². The molecule has 1 aliphatic heterocycles. The highest BCUT2D eigenvalue weighted by molar-refractivity contribution is 7.99. The summed E-state index contributed by atoms with van der Waals surface area (Å²) < 4.78 is 7.90. The third-order valence-corrected chi connectivity index (χ3v) is 5.07. The average Bonchev–Trinajstić information content (AvgIpc) is 3.27. The van der Waals surface area contributed by atoms with Gasteiger partial charge in [0.05, 0.1) is 6.26 Å². The molecular formula is C17H16N2OS. The Morgan fingerprint density at radius 3 is 2.81 bits per heavy atom. The van der Waals surface area contributed by atoms with Crippen molar-refractivity contribution in [3.05, 3.63) is 55.1 Å². The summed E-state index contributed by atoms with van der Waals surface area (Å²) in [5.41, 5.74) is 2.23. The van der Waals surface area contributed by atoms with Crippen molar-refractivity contribution in [3.63, 3.8) is 0 Å². The van der Waals surface area contributed by atoms with E-state index in [9.17, 15) is 0 Å². The van der Waals surface area contributed by atoms with E-state index < -0.39 is 0 Å². The summed E-state index contributed by atoms with van der Waals surface area (Å²) >= 11 is 2.02. The van der Waals surface area contributed by atoms with E-state index in [2.05, 4.69) is 33.9 Å². The topological polar surface area (TPSA) is 31.0 Å². The Morgan fingerprint density at radius 2 is 2.05 bits per heavy atom. The molecule has 3 aromatic rings. The number of hydrogen-bond acceptors (Lipinski definition) is 3. The van der Waals surface area contributed by atoms with Crippen LogP contribution in [-0.2, 0) is 0 Å². The van der Waals surface area contributed by atoms with E-state index in [0.717, 1.165) is 22.7 Å². The largest absolute Gasteiger partial charge is 0.464 e. The van der Waals surface area contributed by atoms with Gasteiger partial charge < -0.3 is 8.98 Å². The van der Waals surface area contributed by atoms with Crippen LogP contribution in [0.4, 0.5) is 0 Å². The molecule has 1 fully saturated rings. The van der Waals surface area contributed by atoms with Crippen LogP contribution in [0.25, 0.3) is 22.7 Å². The fourth-order valence-electron chi connectivity index (χ4n) is 2.88. The van der Waals surface area contributed by atoms with Crippen molar-refractivity contribution in [2.75, 3.05) is 11.5 Å². The minimum atomic E-state index is 0.553. The molecule has 0 N–H and O–H groups in total. The summed E-state index contributed by atoms with van der Waals surface area (Å²) in [5.74, 6) is 4.34. The SMILES string of the molecule is c1coc(-c2ccccc2-c2nccn2C2CCSC2)c1. The van der Waals surface area contributed by atoms with Gasteiger partial charge in [0, 0.05) is 35.3 Å². The van der Waals surface area contributed by atoms with E-state index in [1.807, 2.05) is 36.2 Å². The first-order valence-corrected chi connectivity index (χ1v) is 8.33. The van der Waals surface area contributed by atoms with Crippen molar-refractivity contribution in [1.82, 2.24) is 9.55 Å². The third kappa shape index (κ3) is 2.29. The maximum absolute atomic E-state index is 5.58. The van der Waals surface area contributed by atoms with Crippen LogP contribution in [0.3, 0.4) is 0 Å². The molecule has 1 aromatic carbocycles. The second-order valence-corrected chi connectivity index (χ2v) is 6.35. The lowest BCUT2D eigenvalue weighted by Crippen LogP contribution is -2.08. The first-order chi connectivity index (χ1) is 10.4. The number of benzene rings is 1. The molecule has 0 saturated carbocycles. The van der Waals surface area contributed by atoms with Crippen LogP contribution in [-0.4, -0.2) is 21.1 Å². The van der Waals surface area contributed by atoms with E-state index in [0.29, 0.717) is 6.04 Å². The van der Waals surface area contributed by atoms with Crippen LogP contribution in [0.5, 0.6) is 0 Å². The first-order valence-electron chi connectivity index (χ1n) is 7.17. The normalized spacial score (nSPS) is 18.2. The zero-order chi connectivity index (χ0) is 14.1. The van der Waals surface area contributed by atoms with Crippen molar-refractivity contribution < 1.29 is 4.42 Å². The van der Waals surface area contributed by atoms with Crippen LogP contribution < -0.4 is 0 Å². The molecule has 1 aliphatic rings. The molecular weight excluding hydrogens is 280 g/mol. The Hall–Kier alpha value is -1.94. The first kappa shape index (κ1) is 12.8. The Labute approximate surface area is 128 Å². The Morgan fingerprint density at radius 1 is 1.14 bits per heavy atom. The molecule has 0 spiro atoms. The predicted molar refractivity (Wildman–Crippen MR) is 86.3 cm³/mol. The van der Waals surface area contributed by atoms with Crippen molar-refractivity contribution in [2.24, 2.45) is 0 Å². The van der Waals surface area contributed by atoms with Gasteiger partial charge in [-0.1, -0.05) is 24.3 Å². The summed E-state index contributed by atoms with van der Waals surface area (Å²) in [6, 6.07) is 12.8. The lowest BCUT2D eigenvalue weighted by Gasteiger charge is -2.15. The molecule has 4 rings (SSSR count). The highest BCUT2D eigenvalue weighted by atomic mass is 32.2. The fraction of sp³-hybridized carbons (Fsp3) is 0.235. The molecule has 0 bridgehead atoms. The van der Waals surface area contributed by atoms with Crippen molar-refractivity contribution in [1.29, 1.82) is 0 Å². The zero-order valence-corrected chi connectivity index (χ0v) is 12.4. The number of imidazole rings is 1. The minimum Gasteiger partial charge on any atom is -0.464 e. The molecule has 106 valence electrons. The van der Waals surface area contributed by atoms with E-state index >= 15 is 0 Å². The number of rotatable bonds is 3. The van der Waals surface area contributed by atoms with Gasteiger partial charge in [-0.2, -0.15) is 11.8 Å². The zero-order valence-electron chi connectivity index (χ0n) is 11.6. The Kier molecular flexibility index (Phi) is 3.31. The monoisotopic (exact) mass is 296 g/mol. The number of nitrogens with zero attached hydrogens (tertiary/aromatic N) is 2. The van der Waals surface area contributed by atoms with Gasteiger partial charge in [-0.25, -0.2) is 4.98 Å². The van der Waals surface area contributed by atoms with Gasteiger partial charge >= 0.3 is 0 Å². The Balaban J connectivity index is 1.83. The highest BCUT2D eigenvalue weighted by Crippen LogP contribution is 2.35. The van der Waals surface area contributed by atoms with Crippen LogP contribution >= 0.6 is 11.8 Å². The number of hydrogen-bond donors (Lipinski definition) is 0. The van der Waals surface area contributed by atoms with Gasteiger partial charge in [-0.15, -0.1) is 0 Å². The molecule has 3 heterocycles. The van der Waals surface area contributed by atoms with Gasteiger partial charge in [0.15, 0.2) is 0 Å². The lowest BCUT2D eigenvalue weighted by molar-refractivity contribution is 0.565. The average molecular weight is 296 g/mol. The molecule has 1 saturated heterocycles. The van der Waals surface area contributed by atoms with Crippen LogP contribution in [0.2, 0.25) is 0 Å². The second-order valence-electron chi connectivity index (χ2n) is 5.20. The maximum atomic E-state index is 5.58. The van der Waals surface area contributed by atoms with Crippen LogP contribution in [0.15, 0.2) is 59.5 Å². The van der Waals surface area contributed by atoms with Crippen molar-refractivity contribution in [3.8, 4) is 22.7 Å². The quantitative estimate of drug-likeness (QED) is 0.713. The third-order valence-electron chi connectivity index (χ3n) is 3.92. The smallest absolute Gasteiger partial charge is 0.140 e. The fourth-order valence-corrected chi connectivity index (χ4v) is 4.09. The van der Waals surface area contributed by atoms with E-state index in [4.69, 9.17) is 4.42 Å². The summed E-state index contributed by atoms with van der Waals surface area (Å²) in [7, 11) is 0. The highest BCUT2D eigenvalue weighted by Gasteiger charge is 2.21. The van der Waals surface area contributed by atoms with Gasteiger partial charge in [-0.05, 0) is 24.3 Å². The standard InChI is InChI=1S/C17H16N2OS/c1-2-5-15(14(4-1)16-6-3-10-20-16)17-18-8-9-19(17)13-7-11-21-12-13/h1-6,8-10,13H,7,11-12H2. The predicted octanol–water partition coefficient (Wildman–Crippen LogP) is 4.49. The Bertz CT molecular complexity index is 727. The summed E-state index contributed by atoms with van der Waals surface area (Å²) in [4.78, 5) is 4.61. The summed E-state index contributed by atoms with van der Waals surface area (Å²) in [5, 5.41) is 0. The molecule has 1 atom stereocenters. The molecule has 0 amide bonds. The summed E-state index contributed by atoms with van der Waals surface area (Å²) in [6.45, 7) is 0. The van der Waals surface area contributed by atoms with Crippen molar-refractivity contribution >= 4 is 11.8 Å². The maximum Gasteiger partial charge on any atom is 0.140 e. The molecule has 4 heteroatoms. The number of thioether (sulfide) groups is 1. The second kappa shape index (κ2) is 5.45. The minimum absolute atomic E-state index is 0.553.